The number of carbonyl (C=O) groups excluding carboxylic acids is 1. The van der Waals surface area contributed by atoms with Crippen LogP contribution in [0.5, 0.6) is 0 Å². The van der Waals surface area contributed by atoms with Crippen molar-refractivity contribution in [3.8, 4) is 6.07 Å². The minimum Gasteiger partial charge on any atom is -0.340 e. The van der Waals surface area contributed by atoms with Crippen molar-refractivity contribution in [3.05, 3.63) is 35.9 Å². The Morgan fingerprint density at radius 3 is 2.48 bits per heavy atom. The van der Waals surface area contributed by atoms with Crippen molar-refractivity contribution in [1.82, 2.24) is 9.80 Å². The number of hydrogen-bond acceptors (Lipinski definition) is 3. The van der Waals surface area contributed by atoms with Gasteiger partial charge in [-0.15, -0.1) is 0 Å². The first-order chi connectivity index (χ1) is 10.2. The molecule has 21 heavy (non-hydrogen) atoms. The van der Waals surface area contributed by atoms with Gasteiger partial charge in [0.25, 0.3) is 0 Å². The molecule has 1 aromatic carbocycles. The van der Waals surface area contributed by atoms with Crippen molar-refractivity contribution in [2.75, 3.05) is 26.2 Å². The van der Waals surface area contributed by atoms with E-state index in [2.05, 4.69) is 17.9 Å². The van der Waals surface area contributed by atoms with E-state index < -0.39 is 0 Å². The summed E-state index contributed by atoms with van der Waals surface area (Å²) < 4.78 is 0. The van der Waals surface area contributed by atoms with Crippen LogP contribution in [0.4, 0.5) is 0 Å². The van der Waals surface area contributed by atoms with E-state index in [1.807, 2.05) is 35.2 Å². The second-order valence-electron chi connectivity index (χ2n) is 5.51. The molecule has 0 saturated carbocycles. The van der Waals surface area contributed by atoms with Crippen LogP contribution >= 0.6 is 0 Å². The summed E-state index contributed by atoms with van der Waals surface area (Å²) in [6, 6.07) is 12.2. The van der Waals surface area contributed by atoms with Gasteiger partial charge in [0.1, 0.15) is 0 Å². The number of benzene rings is 1. The lowest BCUT2D eigenvalue weighted by molar-refractivity contribution is -0.132. The summed E-state index contributed by atoms with van der Waals surface area (Å²) in [6.45, 7) is 5.17. The van der Waals surface area contributed by atoms with Crippen LogP contribution in [0.2, 0.25) is 0 Å². The van der Waals surface area contributed by atoms with Gasteiger partial charge in [0.2, 0.25) is 5.91 Å². The van der Waals surface area contributed by atoms with E-state index in [9.17, 15) is 10.1 Å². The first-order valence-electron chi connectivity index (χ1n) is 7.70. The van der Waals surface area contributed by atoms with Crippen molar-refractivity contribution >= 4 is 5.91 Å². The van der Waals surface area contributed by atoms with E-state index in [1.165, 1.54) is 0 Å². The maximum Gasteiger partial charge on any atom is 0.227 e. The second kappa shape index (κ2) is 7.80. The molecule has 4 nitrogen and oxygen atoms in total. The van der Waals surface area contributed by atoms with Gasteiger partial charge < -0.3 is 4.90 Å². The molecule has 4 heteroatoms. The van der Waals surface area contributed by atoms with E-state index in [4.69, 9.17) is 0 Å². The molecule has 1 aliphatic rings. The molecule has 1 aromatic rings. The SMILES string of the molecule is CCCC(C#N)N1CCN(C(=O)Cc2ccccc2)CC1. The third-order valence-electron chi connectivity index (χ3n) is 4.02. The van der Waals surface area contributed by atoms with Gasteiger partial charge in [-0.3, -0.25) is 9.69 Å². The lowest BCUT2D eigenvalue weighted by Crippen LogP contribution is -2.52. The zero-order chi connectivity index (χ0) is 15.1. The van der Waals surface area contributed by atoms with Gasteiger partial charge in [-0.05, 0) is 12.0 Å². The molecule has 1 heterocycles. The normalized spacial score (nSPS) is 17.2. The molecular weight excluding hydrogens is 262 g/mol. The Bertz CT molecular complexity index is 487. The van der Waals surface area contributed by atoms with E-state index in [0.717, 1.165) is 44.6 Å². The number of nitriles is 1. The first-order valence-corrected chi connectivity index (χ1v) is 7.70. The topological polar surface area (TPSA) is 47.3 Å². The van der Waals surface area contributed by atoms with Crippen LogP contribution in [0.1, 0.15) is 25.3 Å². The van der Waals surface area contributed by atoms with Gasteiger partial charge in [-0.2, -0.15) is 5.26 Å². The molecule has 0 aliphatic carbocycles. The van der Waals surface area contributed by atoms with Crippen LogP contribution in [0.3, 0.4) is 0 Å². The predicted octanol–water partition coefficient (Wildman–Crippen LogP) is 2.07. The molecule has 0 spiro atoms. The molecule has 1 amide bonds. The summed E-state index contributed by atoms with van der Waals surface area (Å²) in [5.74, 6) is 0.185. The van der Waals surface area contributed by atoms with Crippen LogP contribution in [-0.2, 0) is 11.2 Å². The highest BCUT2D eigenvalue weighted by atomic mass is 16.2. The van der Waals surface area contributed by atoms with Crippen LogP contribution < -0.4 is 0 Å². The van der Waals surface area contributed by atoms with Crippen molar-refractivity contribution in [1.29, 1.82) is 5.26 Å². The van der Waals surface area contributed by atoms with Gasteiger partial charge in [-0.1, -0.05) is 43.7 Å². The predicted molar refractivity (Wildman–Crippen MR) is 82.6 cm³/mol. The number of piperazine rings is 1. The Labute approximate surface area is 127 Å². The molecule has 1 aliphatic heterocycles. The van der Waals surface area contributed by atoms with Crippen LogP contribution in [0, 0.1) is 11.3 Å². The minimum absolute atomic E-state index is 0.00127. The Morgan fingerprint density at radius 1 is 1.24 bits per heavy atom. The van der Waals surface area contributed by atoms with Crippen LogP contribution in [0.25, 0.3) is 0 Å². The highest BCUT2D eigenvalue weighted by molar-refractivity contribution is 5.78. The van der Waals surface area contributed by atoms with E-state index >= 15 is 0 Å². The lowest BCUT2D eigenvalue weighted by Gasteiger charge is -2.37. The molecule has 0 radical (unpaired) electrons. The fourth-order valence-corrected chi connectivity index (χ4v) is 2.77. The number of hydrogen-bond donors (Lipinski definition) is 0. The molecule has 1 unspecified atom stereocenters. The van der Waals surface area contributed by atoms with Gasteiger partial charge in [0.15, 0.2) is 0 Å². The van der Waals surface area contributed by atoms with E-state index in [1.54, 1.807) is 0 Å². The molecule has 1 fully saturated rings. The fraction of sp³-hybridized carbons (Fsp3) is 0.529. The first kappa shape index (κ1) is 15.5. The molecule has 1 atom stereocenters. The van der Waals surface area contributed by atoms with Gasteiger partial charge >= 0.3 is 0 Å². The molecule has 2 rings (SSSR count). The Balaban J connectivity index is 1.83. The molecule has 0 aromatic heterocycles. The monoisotopic (exact) mass is 285 g/mol. The average molecular weight is 285 g/mol. The van der Waals surface area contributed by atoms with Crippen molar-refractivity contribution in [2.24, 2.45) is 0 Å². The Morgan fingerprint density at radius 2 is 1.90 bits per heavy atom. The highest BCUT2D eigenvalue weighted by Crippen LogP contribution is 2.12. The summed E-state index contributed by atoms with van der Waals surface area (Å²) in [5.41, 5.74) is 1.06. The fourth-order valence-electron chi connectivity index (χ4n) is 2.77. The zero-order valence-corrected chi connectivity index (χ0v) is 12.7. The highest BCUT2D eigenvalue weighted by Gasteiger charge is 2.25. The zero-order valence-electron chi connectivity index (χ0n) is 12.7. The van der Waals surface area contributed by atoms with Crippen LogP contribution in [0.15, 0.2) is 30.3 Å². The molecule has 0 bridgehead atoms. The molecule has 1 saturated heterocycles. The summed E-state index contributed by atoms with van der Waals surface area (Å²) >= 11 is 0. The standard InChI is InChI=1S/C17H23N3O/c1-2-6-16(14-18)19-9-11-20(12-10-19)17(21)13-15-7-4-3-5-8-15/h3-5,7-8,16H,2,6,9-13H2,1H3. The van der Waals surface area contributed by atoms with Crippen molar-refractivity contribution in [3.63, 3.8) is 0 Å². The third-order valence-corrected chi connectivity index (χ3v) is 4.02. The molecule has 0 N–H and O–H groups in total. The smallest absolute Gasteiger partial charge is 0.227 e. The average Bonchev–Trinajstić information content (AvgIpc) is 2.54. The largest absolute Gasteiger partial charge is 0.340 e. The number of amides is 1. The molecular formula is C17H23N3O. The number of rotatable bonds is 5. The van der Waals surface area contributed by atoms with Gasteiger partial charge in [0.05, 0.1) is 18.5 Å². The number of carbonyl (C=O) groups is 1. The number of nitrogens with zero attached hydrogens (tertiary/aromatic N) is 3. The maximum atomic E-state index is 12.3. The molecule has 112 valence electrons. The minimum atomic E-state index is 0.00127. The van der Waals surface area contributed by atoms with Gasteiger partial charge in [-0.25, -0.2) is 0 Å². The summed E-state index contributed by atoms with van der Waals surface area (Å²) in [4.78, 5) is 16.4. The van der Waals surface area contributed by atoms with Crippen molar-refractivity contribution in [2.45, 2.75) is 32.2 Å². The quantitative estimate of drug-likeness (QED) is 0.832. The summed E-state index contributed by atoms with van der Waals surface area (Å²) in [5, 5.41) is 9.21. The second-order valence-corrected chi connectivity index (χ2v) is 5.51. The van der Waals surface area contributed by atoms with E-state index in [0.29, 0.717) is 6.42 Å². The summed E-state index contributed by atoms with van der Waals surface area (Å²) in [6.07, 6.45) is 2.40. The third kappa shape index (κ3) is 4.30. The van der Waals surface area contributed by atoms with Crippen LogP contribution in [-0.4, -0.2) is 47.9 Å². The maximum absolute atomic E-state index is 12.3. The Kier molecular flexibility index (Phi) is 5.77. The van der Waals surface area contributed by atoms with E-state index in [-0.39, 0.29) is 11.9 Å². The lowest BCUT2D eigenvalue weighted by atomic mass is 10.1. The van der Waals surface area contributed by atoms with Crippen molar-refractivity contribution < 1.29 is 4.79 Å². The summed E-state index contributed by atoms with van der Waals surface area (Å²) in [7, 11) is 0. The van der Waals surface area contributed by atoms with Gasteiger partial charge in [0, 0.05) is 26.2 Å². The Hall–Kier alpha value is -1.86.